The molecule has 15 heavy (non-hydrogen) atoms. The van der Waals surface area contributed by atoms with E-state index in [1.807, 2.05) is 12.1 Å². The number of hydrogen-bond donors (Lipinski definition) is 1. The number of nitrogens with one attached hydrogen (secondary N) is 1. The van der Waals surface area contributed by atoms with Gasteiger partial charge in [0.2, 0.25) is 0 Å². The first kappa shape index (κ1) is 11.0. The van der Waals surface area contributed by atoms with Gasteiger partial charge in [-0.3, -0.25) is 0 Å². The Bertz CT molecular complexity index is 329. The van der Waals surface area contributed by atoms with Crippen LogP contribution in [0.1, 0.15) is 31.7 Å². The number of rotatable bonds is 2. The third-order valence-corrected chi connectivity index (χ3v) is 3.61. The summed E-state index contributed by atoms with van der Waals surface area (Å²) < 4.78 is 0. The lowest BCUT2D eigenvalue weighted by Gasteiger charge is -2.35. The van der Waals surface area contributed by atoms with Crippen LogP contribution in [0, 0.1) is 0 Å². The lowest BCUT2D eigenvalue weighted by atomic mass is 9.85. The molecule has 2 heteroatoms. The van der Waals surface area contributed by atoms with Gasteiger partial charge in [-0.2, -0.15) is 0 Å². The minimum Gasteiger partial charge on any atom is -0.311 e. The van der Waals surface area contributed by atoms with Crippen molar-refractivity contribution in [2.45, 2.75) is 38.1 Å². The molecule has 0 bridgehead atoms. The maximum Gasteiger partial charge on any atom is 0.0438 e. The highest BCUT2D eigenvalue weighted by Crippen LogP contribution is 2.26. The summed E-state index contributed by atoms with van der Waals surface area (Å²) in [4.78, 5) is 0. The average Bonchev–Trinajstić information content (AvgIpc) is 2.22. The van der Waals surface area contributed by atoms with Gasteiger partial charge in [0, 0.05) is 10.6 Å². The maximum absolute atomic E-state index is 6.18. The van der Waals surface area contributed by atoms with Crippen LogP contribution in [0.25, 0.3) is 0 Å². The Morgan fingerprint density at radius 3 is 2.80 bits per heavy atom. The van der Waals surface area contributed by atoms with Gasteiger partial charge in [-0.15, -0.1) is 0 Å². The van der Waals surface area contributed by atoms with Crippen LogP contribution >= 0.6 is 11.6 Å². The molecule has 0 aromatic heterocycles. The Labute approximate surface area is 96.8 Å². The van der Waals surface area contributed by atoms with E-state index in [0.29, 0.717) is 0 Å². The van der Waals surface area contributed by atoms with E-state index in [4.69, 9.17) is 11.6 Å². The molecule has 1 N–H and O–H groups in total. The zero-order valence-corrected chi connectivity index (χ0v) is 9.98. The van der Waals surface area contributed by atoms with E-state index >= 15 is 0 Å². The van der Waals surface area contributed by atoms with Gasteiger partial charge in [-0.25, -0.2) is 0 Å². The van der Waals surface area contributed by atoms with Crippen LogP contribution in [0.15, 0.2) is 24.3 Å². The normalized spacial score (nSPS) is 26.5. The van der Waals surface area contributed by atoms with Crippen molar-refractivity contribution in [2.75, 3.05) is 6.54 Å². The molecular weight excluding hydrogens is 206 g/mol. The Morgan fingerprint density at radius 1 is 1.33 bits per heavy atom. The van der Waals surface area contributed by atoms with Gasteiger partial charge in [0.25, 0.3) is 0 Å². The van der Waals surface area contributed by atoms with Crippen molar-refractivity contribution in [1.82, 2.24) is 5.32 Å². The van der Waals surface area contributed by atoms with Gasteiger partial charge in [0.1, 0.15) is 0 Å². The molecule has 1 aliphatic rings. The minimum atomic E-state index is 0.239. The molecule has 1 saturated heterocycles. The standard InChI is InChI=1S/C13H18ClN/c1-13(8-4-5-9-15-13)10-11-6-2-3-7-12(11)14/h2-3,6-7,15H,4-5,8-10H2,1H3. The third kappa shape index (κ3) is 2.73. The quantitative estimate of drug-likeness (QED) is 0.810. The van der Waals surface area contributed by atoms with E-state index in [-0.39, 0.29) is 5.54 Å². The van der Waals surface area contributed by atoms with Crippen LogP contribution < -0.4 is 5.32 Å². The molecule has 0 radical (unpaired) electrons. The van der Waals surface area contributed by atoms with Gasteiger partial charge < -0.3 is 5.32 Å². The van der Waals surface area contributed by atoms with Gasteiger partial charge in [0.15, 0.2) is 0 Å². The molecule has 1 aliphatic heterocycles. The van der Waals surface area contributed by atoms with Crippen LogP contribution in [0.5, 0.6) is 0 Å². The lowest BCUT2D eigenvalue weighted by molar-refractivity contribution is 0.276. The number of benzene rings is 1. The summed E-state index contributed by atoms with van der Waals surface area (Å²) >= 11 is 6.18. The number of piperidine rings is 1. The van der Waals surface area contributed by atoms with Crippen LogP contribution in [0.4, 0.5) is 0 Å². The molecule has 1 nitrogen and oxygen atoms in total. The van der Waals surface area contributed by atoms with Crippen molar-refractivity contribution < 1.29 is 0 Å². The van der Waals surface area contributed by atoms with Crippen LogP contribution in [0.2, 0.25) is 5.02 Å². The van der Waals surface area contributed by atoms with Crippen molar-refractivity contribution >= 4 is 11.6 Å². The molecule has 1 aromatic carbocycles. The topological polar surface area (TPSA) is 12.0 Å². The van der Waals surface area contributed by atoms with Crippen molar-refractivity contribution in [3.05, 3.63) is 34.9 Å². The summed E-state index contributed by atoms with van der Waals surface area (Å²) in [6, 6.07) is 8.16. The minimum absolute atomic E-state index is 0.239. The van der Waals surface area contributed by atoms with E-state index in [2.05, 4.69) is 24.4 Å². The lowest BCUT2D eigenvalue weighted by Crippen LogP contribution is -2.47. The first-order valence-electron chi connectivity index (χ1n) is 5.68. The van der Waals surface area contributed by atoms with E-state index in [9.17, 15) is 0 Å². The molecule has 0 aliphatic carbocycles. The molecule has 0 amide bonds. The van der Waals surface area contributed by atoms with E-state index in [1.54, 1.807) is 0 Å². The number of halogens is 1. The van der Waals surface area contributed by atoms with Crippen molar-refractivity contribution in [3.63, 3.8) is 0 Å². The molecule has 0 saturated carbocycles. The Morgan fingerprint density at radius 2 is 2.13 bits per heavy atom. The molecular formula is C13H18ClN. The summed E-state index contributed by atoms with van der Waals surface area (Å²) in [6.07, 6.45) is 4.91. The highest BCUT2D eigenvalue weighted by atomic mass is 35.5. The Hall–Kier alpha value is -0.530. The Kier molecular flexibility index (Phi) is 3.32. The average molecular weight is 224 g/mol. The van der Waals surface area contributed by atoms with Crippen molar-refractivity contribution in [1.29, 1.82) is 0 Å². The van der Waals surface area contributed by atoms with Gasteiger partial charge >= 0.3 is 0 Å². The second-order valence-electron chi connectivity index (χ2n) is 4.71. The van der Waals surface area contributed by atoms with E-state index < -0.39 is 0 Å². The second-order valence-corrected chi connectivity index (χ2v) is 5.12. The zero-order valence-electron chi connectivity index (χ0n) is 9.22. The van der Waals surface area contributed by atoms with Crippen molar-refractivity contribution in [3.8, 4) is 0 Å². The van der Waals surface area contributed by atoms with E-state index in [0.717, 1.165) is 18.0 Å². The number of hydrogen-bond acceptors (Lipinski definition) is 1. The molecule has 1 heterocycles. The largest absolute Gasteiger partial charge is 0.311 e. The Balaban J connectivity index is 2.10. The summed E-state index contributed by atoms with van der Waals surface area (Å²) in [5.41, 5.74) is 1.50. The fourth-order valence-corrected chi connectivity index (χ4v) is 2.53. The maximum atomic E-state index is 6.18. The van der Waals surface area contributed by atoms with Gasteiger partial charge in [-0.1, -0.05) is 36.2 Å². The highest BCUT2D eigenvalue weighted by molar-refractivity contribution is 6.31. The summed E-state index contributed by atoms with van der Waals surface area (Å²) in [5, 5.41) is 4.51. The third-order valence-electron chi connectivity index (χ3n) is 3.25. The molecule has 0 spiro atoms. The fraction of sp³-hybridized carbons (Fsp3) is 0.538. The first-order valence-corrected chi connectivity index (χ1v) is 6.06. The zero-order chi connectivity index (χ0) is 10.7. The molecule has 1 aromatic rings. The molecule has 82 valence electrons. The molecule has 1 atom stereocenters. The van der Waals surface area contributed by atoms with Gasteiger partial charge in [0.05, 0.1) is 0 Å². The predicted octanol–water partition coefficient (Wildman–Crippen LogP) is 3.41. The molecule has 2 rings (SSSR count). The van der Waals surface area contributed by atoms with E-state index in [1.165, 1.54) is 24.8 Å². The van der Waals surface area contributed by atoms with Gasteiger partial charge in [-0.05, 0) is 44.4 Å². The monoisotopic (exact) mass is 223 g/mol. The van der Waals surface area contributed by atoms with Crippen LogP contribution in [0.3, 0.4) is 0 Å². The highest BCUT2D eigenvalue weighted by Gasteiger charge is 2.26. The first-order chi connectivity index (χ1) is 7.20. The van der Waals surface area contributed by atoms with Crippen LogP contribution in [-0.4, -0.2) is 12.1 Å². The summed E-state index contributed by atoms with van der Waals surface area (Å²) in [6.45, 7) is 3.44. The summed E-state index contributed by atoms with van der Waals surface area (Å²) in [7, 11) is 0. The van der Waals surface area contributed by atoms with Crippen LogP contribution in [-0.2, 0) is 6.42 Å². The fourth-order valence-electron chi connectivity index (χ4n) is 2.33. The molecule has 1 fully saturated rings. The summed E-state index contributed by atoms with van der Waals surface area (Å²) in [5.74, 6) is 0. The predicted molar refractivity (Wildman–Crippen MR) is 65.4 cm³/mol. The molecule has 1 unspecified atom stereocenters. The smallest absolute Gasteiger partial charge is 0.0438 e. The van der Waals surface area contributed by atoms with Crippen molar-refractivity contribution in [2.24, 2.45) is 0 Å². The SMILES string of the molecule is CC1(Cc2ccccc2Cl)CCCCN1. The second kappa shape index (κ2) is 4.54.